The van der Waals surface area contributed by atoms with Gasteiger partial charge in [0.1, 0.15) is 11.3 Å². The fraction of sp³-hybridized carbons (Fsp3) is 0.385. The van der Waals surface area contributed by atoms with Crippen molar-refractivity contribution in [2.75, 3.05) is 18.4 Å². The second-order valence-corrected chi connectivity index (χ2v) is 4.66. The number of hydrogen-bond donors (Lipinski definition) is 5. The largest absolute Gasteiger partial charge is 0.507 e. The Kier molecular flexibility index (Phi) is 4.41. The van der Waals surface area contributed by atoms with Crippen LogP contribution in [0.25, 0.3) is 0 Å². The molecule has 0 aliphatic carbocycles. The van der Waals surface area contributed by atoms with Crippen LogP contribution in [0.4, 0.5) is 10.5 Å². The van der Waals surface area contributed by atoms with E-state index in [2.05, 4.69) is 16.0 Å². The molecule has 5 N–H and O–H groups in total. The van der Waals surface area contributed by atoms with Crippen LogP contribution in [0.5, 0.6) is 5.75 Å². The predicted octanol–water partition coefficient (Wildman–Crippen LogP) is 0.964. The third-order valence-corrected chi connectivity index (χ3v) is 3.16. The fourth-order valence-corrected chi connectivity index (χ4v) is 2.11. The highest BCUT2D eigenvalue weighted by Crippen LogP contribution is 2.21. The Morgan fingerprint density at radius 2 is 1.95 bits per heavy atom. The number of carboxylic acids is 1. The number of hydrogen-bond acceptors (Lipinski definition) is 4. The first-order chi connectivity index (χ1) is 9.56. The maximum Gasteiger partial charge on any atom is 0.339 e. The van der Waals surface area contributed by atoms with Crippen LogP contribution in [0.1, 0.15) is 23.2 Å². The van der Waals surface area contributed by atoms with E-state index in [1.54, 1.807) is 0 Å². The van der Waals surface area contributed by atoms with Gasteiger partial charge >= 0.3 is 12.0 Å². The Hall–Kier alpha value is -2.28. The number of rotatable bonds is 3. The minimum atomic E-state index is -1.21. The van der Waals surface area contributed by atoms with E-state index in [4.69, 9.17) is 5.11 Å². The normalized spacial score (nSPS) is 15.6. The zero-order valence-electron chi connectivity index (χ0n) is 10.8. The topological polar surface area (TPSA) is 111 Å². The van der Waals surface area contributed by atoms with Crippen molar-refractivity contribution in [2.45, 2.75) is 18.9 Å². The first-order valence-corrected chi connectivity index (χ1v) is 6.41. The van der Waals surface area contributed by atoms with Crippen LogP contribution >= 0.6 is 0 Å². The summed E-state index contributed by atoms with van der Waals surface area (Å²) in [6, 6.07) is 3.66. The van der Waals surface area contributed by atoms with Gasteiger partial charge in [0.05, 0.1) is 0 Å². The van der Waals surface area contributed by atoms with E-state index in [1.165, 1.54) is 18.2 Å². The molecule has 2 rings (SSSR count). The lowest BCUT2D eigenvalue weighted by Crippen LogP contribution is -2.44. The van der Waals surface area contributed by atoms with Crippen molar-refractivity contribution < 1.29 is 19.8 Å². The monoisotopic (exact) mass is 279 g/mol. The second-order valence-electron chi connectivity index (χ2n) is 4.66. The molecule has 2 amide bonds. The highest BCUT2D eigenvalue weighted by atomic mass is 16.4. The summed E-state index contributed by atoms with van der Waals surface area (Å²) in [6.45, 7) is 1.75. The molecule has 0 saturated carbocycles. The van der Waals surface area contributed by atoms with Crippen LogP contribution in [0, 0.1) is 0 Å². The molecule has 1 aromatic carbocycles. The van der Waals surface area contributed by atoms with E-state index in [0.29, 0.717) is 5.69 Å². The SMILES string of the molecule is O=C(Nc1ccc(C(=O)O)c(O)c1)NC1CCNCC1. The Bertz CT molecular complexity index is 512. The van der Waals surface area contributed by atoms with Crippen molar-refractivity contribution in [3.05, 3.63) is 23.8 Å². The highest BCUT2D eigenvalue weighted by Gasteiger charge is 2.16. The number of phenols is 1. The molecular formula is C13H17N3O4. The molecule has 1 aliphatic heterocycles. The van der Waals surface area contributed by atoms with Crippen molar-refractivity contribution >= 4 is 17.7 Å². The summed E-state index contributed by atoms with van der Waals surface area (Å²) >= 11 is 0. The smallest absolute Gasteiger partial charge is 0.339 e. The molecule has 0 bridgehead atoms. The standard InChI is InChI=1S/C13H17N3O4/c17-11-7-9(1-2-10(11)12(18)19)16-13(20)15-8-3-5-14-6-4-8/h1-2,7-8,14,17H,3-6H2,(H,18,19)(H2,15,16,20). The van der Waals surface area contributed by atoms with Crippen LogP contribution in [0.2, 0.25) is 0 Å². The van der Waals surface area contributed by atoms with Crippen LogP contribution < -0.4 is 16.0 Å². The van der Waals surface area contributed by atoms with Crippen LogP contribution in [-0.4, -0.2) is 41.3 Å². The van der Waals surface area contributed by atoms with Crippen molar-refractivity contribution in [3.63, 3.8) is 0 Å². The lowest BCUT2D eigenvalue weighted by Gasteiger charge is -2.23. The number of carbonyl (C=O) groups is 2. The van der Waals surface area contributed by atoms with Crippen molar-refractivity contribution in [1.82, 2.24) is 10.6 Å². The number of piperidine rings is 1. The zero-order valence-corrected chi connectivity index (χ0v) is 10.8. The summed E-state index contributed by atoms with van der Waals surface area (Å²) in [4.78, 5) is 22.5. The number of nitrogens with one attached hydrogen (secondary N) is 3. The molecule has 1 aliphatic rings. The van der Waals surface area contributed by atoms with Crippen molar-refractivity contribution in [2.24, 2.45) is 0 Å². The van der Waals surface area contributed by atoms with Gasteiger partial charge in [-0.1, -0.05) is 0 Å². The number of amides is 2. The molecule has 7 heteroatoms. The second kappa shape index (κ2) is 6.25. The van der Waals surface area contributed by atoms with Crippen LogP contribution in [0.15, 0.2) is 18.2 Å². The summed E-state index contributed by atoms with van der Waals surface area (Å²) in [6.07, 6.45) is 1.74. The van der Waals surface area contributed by atoms with Crippen LogP contribution in [-0.2, 0) is 0 Å². The van der Waals surface area contributed by atoms with Gasteiger partial charge in [-0.25, -0.2) is 9.59 Å². The number of aromatic carboxylic acids is 1. The maximum atomic E-state index is 11.8. The molecule has 0 spiro atoms. The summed E-state index contributed by atoms with van der Waals surface area (Å²) < 4.78 is 0. The molecule has 0 aromatic heterocycles. The van der Waals surface area contributed by atoms with Gasteiger partial charge in [-0.2, -0.15) is 0 Å². The molecule has 20 heavy (non-hydrogen) atoms. The Labute approximate surface area is 116 Å². The zero-order chi connectivity index (χ0) is 14.5. The van der Waals surface area contributed by atoms with E-state index in [0.717, 1.165) is 25.9 Å². The lowest BCUT2D eigenvalue weighted by molar-refractivity contribution is 0.0694. The third-order valence-electron chi connectivity index (χ3n) is 3.16. The number of urea groups is 1. The molecule has 1 fully saturated rings. The van der Waals surface area contributed by atoms with Gasteiger partial charge in [0.25, 0.3) is 0 Å². The summed E-state index contributed by atoms with van der Waals surface area (Å²) in [5.41, 5.74) is 0.147. The molecule has 0 unspecified atom stereocenters. The van der Waals surface area contributed by atoms with Crippen molar-refractivity contribution in [1.29, 1.82) is 0 Å². The number of anilines is 1. The number of aromatic hydroxyl groups is 1. The van der Waals surface area contributed by atoms with Crippen LogP contribution in [0.3, 0.4) is 0 Å². The van der Waals surface area contributed by atoms with E-state index >= 15 is 0 Å². The Balaban J connectivity index is 1.93. The van der Waals surface area contributed by atoms with Gasteiger partial charge in [0.15, 0.2) is 0 Å². The molecule has 1 saturated heterocycles. The quantitative estimate of drug-likeness (QED) is 0.566. The number of benzene rings is 1. The minimum Gasteiger partial charge on any atom is -0.507 e. The fourth-order valence-electron chi connectivity index (χ4n) is 2.11. The number of carboxylic acid groups (broad SMARTS) is 1. The van der Waals surface area contributed by atoms with E-state index in [1.807, 2.05) is 0 Å². The molecule has 0 atom stereocenters. The van der Waals surface area contributed by atoms with Crippen molar-refractivity contribution in [3.8, 4) is 5.75 Å². The molecule has 0 radical (unpaired) electrons. The van der Waals surface area contributed by atoms with Gasteiger partial charge in [-0.05, 0) is 38.1 Å². The van der Waals surface area contributed by atoms with E-state index in [9.17, 15) is 14.7 Å². The third kappa shape index (κ3) is 3.61. The lowest BCUT2D eigenvalue weighted by atomic mass is 10.1. The molecular weight excluding hydrogens is 262 g/mol. The summed E-state index contributed by atoms with van der Waals surface area (Å²) in [5.74, 6) is -1.59. The van der Waals surface area contributed by atoms with E-state index < -0.39 is 5.97 Å². The minimum absolute atomic E-state index is 0.128. The summed E-state index contributed by atoms with van der Waals surface area (Å²) in [7, 11) is 0. The molecule has 7 nitrogen and oxygen atoms in total. The molecule has 1 heterocycles. The van der Waals surface area contributed by atoms with Gasteiger partial charge < -0.3 is 26.2 Å². The summed E-state index contributed by atoms with van der Waals surface area (Å²) in [5, 5.41) is 26.9. The Morgan fingerprint density at radius 1 is 1.25 bits per heavy atom. The first kappa shape index (κ1) is 14.1. The van der Waals surface area contributed by atoms with Gasteiger partial charge in [0.2, 0.25) is 0 Å². The van der Waals surface area contributed by atoms with Gasteiger partial charge in [0, 0.05) is 17.8 Å². The molecule has 108 valence electrons. The average Bonchev–Trinajstić information content (AvgIpc) is 2.39. The highest BCUT2D eigenvalue weighted by molar-refractivity contribution is 5.94. The van der Waals surface area contributed by atoms with Gasteiger partial charge in [-0.15, -0.1) is 0 Å². The first-order valence-electron chi connectivity index (χ1n) is 6.41. The van der Waals surface area contributed by atoms with E-state index in [-0.39, 0.29) is 23.4 Å². The average molecular weight is 279 g/mol. The molecule has 1 aromatic rings. The predicted molar refractivity (Wildman–Crippen MR) is 73.1 cm³/mol. The number of carbonyl (C=O) groups excluding carboxylic acids is 1. The Morgan fingerprint density at radius 3 is 2.55 bits per heavy atom. The maximum absolute atomic E-state index is 11.8. The van der Waals surface area contributed by atoms with Gasteiger partial charge in [-0.3, -0.25) is 0 Å².